The molecule has 152 valence electrons. The van der Waals surface area contributed by atoms with E-state index in [9.17, 15) is 4.79 Å². The van der Waals surface area contributed by atoms with E-state index in [-0.39, 0.29) is 35.8 Å². The van der Waals surface area contributed by atoms with Crippen LogP contribution in [-0.4, -0.2) is 45.2 Å². The van der Waals surface area contributed by atoms with Crippen molar-refractivity contribution in [2.45, 2.75) is 19.0 Å². The maximum atomic E-state index is 11.1. The second-order valence-electron chi connectivity index (χ2n) is 6.30. The summed E-state index contributed by atoms with van der Waals surface area (Å²) in [5, 5.41) is 6.62. The van der Waals surface area contributed by atoms with Gasteiger partial charge in [-0.15, -0.1) is 24.0 Å². The number of nitrogens with two attached hydrogens (primary N) is 1. The number of guanidine groups is 1. The Labute approximate surface area is 181 Å². The van der Waals surface area contributed by atoms with Crippen LogP contribution < -0.4 is 26.0 Å². The Morgan fingerprint density at radius 2 is 2.14 bits per heavy atom. The van der Waals surface area contributed by atoms with Crippen LogP contribution in [0.25, 0.3) is 0 Å². The van der Waals surface area contributed by atoms with E-state index in [4.69, 9.17) is 14.9 Å². The minimum atomic E-state index is -0.578. The number of aliphatic imine (C=N–C) groups is 1. The number of carbonyl (C=O) groups is 1. The molecule has 1 aromatic carbocycles. The molecular weight excluding hydrogens is 473 g/mol. The first-order valence-corrected chi connectivity index (χ1v) is 8.84. The van der Waals surface area contributed by atoms with Crippen molar-refractivity contribution in [2.75, 3.05) is 32.1 Å². The van der Waals surface area contributed by atoms with Crippen molar-refractivity contribution in [1.29, 1.82) is 0 Å². The number of rotatable bonds is 6. The molecular formula is C19H26IN5O3. The lowest BCUT2D eigenvalue weighted by molar-refractivity contribution is 0.0972. The zero-order chi connectivity index (χ0) is 19.2. The number of nitrogens with one attached hydrogen (secondary N) is 2. The number of carbonyl (C=O) groups excluding carboxylic acids is 1. The van der Waals surface area contributed by atoms with Crippen LogP contribution in [0.15, 0.2) is 45.8 Å². The van der Waals surface area contributed by atoms with Crippen molar-refractivity contribution in [3.8, 4) is 5.75 Å². The molecule has 4 N–H and O–H groups in total. The van der Waals surface area contributed by atoms with Gasteiger partial charge in [-0.2, -0.15) is 0 Å². The van der Waals surface area contributed by atoms with E-state index in [0.29, 0.717) is 18.3 Å². The molecule has 8 nitrogen and oxygen atoms in total. The Kier molecular flexibility index (Phi) is 7.97. The number of hydrogen-bond donors (Lipinski definition) is 3. The van der Waals surface area contributed by atoms with Gasteiger partial charge in [0.05, 0.1) is 19.3 Å². The second-order valence-corrected chi connectivity index (χ2v) is 6.30. The van der Waals surface area contributed by atoms with Gasteiger partial charge in [-0.25, -0.2) is 0 Å². The third-order valence-electron chi connectivity index (χ3n) is 4.51. The molecule has 0 bridgehead atoms. The van der Waals surface area contributed by atoms with Crippen LogP contribution in [0, 0.1) is 0 Å². The van der Waals surface area contributed by atoms with Crippen molar-refractivity contribution in [3.05, 3.63) is 47.9 Å². The Morgan fingerprint density at radius 1 is 1.36 bits per heavy atom. The number of primary amides is 1. The zero-order valence-corrected chi connectivity index (χ0v) is 18.3. The number of amides is 1. The number of para-hydroxylation sites is 2. The van der Waals surface area contributed by atoms with Gasteiger partial charge in [-0.1, -0.05) is 12.1 Å². The monoisotopic (exact) mass is 499 g/mol. The first-order valence-electron chi connectivity index (χ1n) is 8.84. The molecule has 1 atom stereocenters. The van der Waals surface area contributed by atoms with Gasteiger partial charge in [0.15, 0.2) is 11.7 Å². The Balaban J connectivity index is 0.00000280. The molecule has 1 fully saturated rings. The number of furan rings is 1. The lowest BCUT2D eigenvalue weighted by atomic mass is 10.2. The SMILES string of the molecule is CN=C(NCc1ccc(C(N)=O)o1)NC1CCN(c2ccccc2OC)C1.I. The summed E-state index contributed by atoms with van der Waals surface area (Å²) >= 11 is 0. The number of methoxy groups -OCH3 is 1. The van der Waals surface area contributed by atoms with Gasteiger partial charge >= 0.3 is 0 Å². The number of nitrogens with zero attached hydrogens (tertiary/aromatic N) is 2. The molecule has 0 aliphatic carbocycles. The third kappa shape index (κ3) is 5.31. The molecule has 2 heterocycles. The predicted octanol–water partition coefficient (Wildman–Crippen LogP) is 1.95. The molecule has 1 amide bonds. The number of ether oxygens (including phenoxy) is 1. The highest BCUT2D eigenvalue weighted by molar-refractivity contribution is 14.0. The van der Waals surface area contributed by atoms with E-state index >= 15 is 0 Å². The largest absolute Gasteiger partial charge is 0.495 e. The minimum absolute atomic E-state index is 0. The third-order valence-corrected chi connectivity index (χ3v) is 4.51. The number of anilines is 1. The molecule has 1 unspecified atom stereocenters. The molecule has 2 aromatic rings. The molecule has 1 aromatic heterocycles. The summed E-state index contributed by atoms with van der Waals surface area (Å²) in [6.07, 6.45) is 0.991. The van der Waals surface area contributed by atoms with Crippen LogP contribution in [0.3, 0.4) is 0 Å². The van der Waals surface area contributed by atoms with Gasteiger partial charge in [-0.05, 0) is 30.7 Å². The number of hydrogen-bond acceptors (Lipinski definition) is 5. The van der Waals surface area contributed by atoms with Crippen LogP contribution in [0.2, 0.25) is 0 Å². The van der Waals surface area contributed by atoms with E-state index in [2.05, 4.69) is 26.6 Å². The van der Waals surface area contributed by atoms with Crippen LogP contribution in [0.4, 0.5) is 5.69 Å². The normalized spacial score (nSPS) is 16.4. The molecule has 28 heavy (non-hydrogen) atoms. The van der Waals surface area contributed by atoms with E-state index in [1.54, 1.807) is 26.3 Å². The fourth-order valence-electron chi connectivity index (χ4n) is 3.15. The van der Waals surface area contributed by atoms with Crippen molar-refractivity contribution in [3.63, 3.8) is 0 Å². The Morgan fingerprint density at radius 3 is 2.82 bits per heavy atom. The summed E-state index contributed by atoms with van der Waals surface area (Å²) in [6.45, 7) is 2.21. The Hall–Kier alpha value is -2.43. The van der Waals surface area contributed by atoms with Crippen LogP contribution in [0.1, 0.15) is 22.7 Å². The molecule has 1 saturated heterocycles. The van der Waals surface area contributed by atoms with Crippen molar-refractivity contribution in [2.24, 2.45) is 10.7 Å². The summed E-state index contributed by atoms with van der Waals surface area (Å²) in [4.78, 5) is 17.6. The zero-order valence-electron chi connectivity index (χ0n) is 16.0. The van der Waals surface area contributed by atoms with Gasteiger partial charge in [0, 0.05) is 26.2 Å². The molecule has 9 heteroatoms. The maximum absolute atomic E-state index is 11.1. The van der Waals surface area contributed by atoms with Gasteiger partial charge < -0.3 is 30.4 Å². The summed E-state index contributed by atoms with van der Waals surface area (Å²) < 4.78 is 10.8. The van der Waals surface area contributed by atoms with Crippen molar-refractivity contribution < 1.29 is 13.9 Å². The topological polar surface area (TPSA) is 105 Å². The smallest absolute Gasteiger partial charge is 0.284 e. The van der Waals surface area contributed by atoms with Crippen molar-refractivity contribution >= 4 is 41.5 Å². The predicted molar refractivity (Wildman–Crippen MR) is 120 cm³/mol. The highest BCUT2D eigenvalue weighted by Gasteiger charge is 2.25. The number of halogens is 1. The quantitative estimate of drug-likeness (QED) is 0.319. The summed E-state index contributed by atoms with van der Waals surface area (Å²) in [6, 6.07) is 11.6. The fourth-order valence-corrected chi connectivity index (χ4v) is 3.15. The van der Waals surface area contributed by atoms with Gasteiger partial charge in [0.25, 0.3) is 5.91 Å². The van der Waals surface area contributed by atoms with Gasteiger partial charge in [0.2, 0.25) is 0 Å². The highest BCUT2D eigenvalue weighted by atomic mass is 127. The molecule has 3 rings (SSSR count). The summed E-state index contributed by atoms with van der Waals surface area (Å²) in [5.41, 5.74) is 6.30. The van der Waals surface area contributed by atoms with Crippen LogP contribution in [-0.2, 0) is 6.54 Å². The average molecular weight is 499 g/mol. The van der Waals surface area contributed by atoms with Crippen LogP contribution >= 0.6 is 24.0 Å². The molecule has 1 aliphatic rings. The van der Waals surface area contributed by atoms with E-state index in [1.165, 1.54) is 0 Å². The standard InChI is InChI=1S/C19H25N5O3.HI/c1-21-19(22-11-14-7-8-17(27-14)18(20)25)23-13-9-10-24(12-13)15-5-3-4-6-16(15)26-2;/h3-8,13H,9-12H2,1-2H3,(H2,20,25)(H2,21,22,23);1H. The minimum Gasteiger partial charge on any atom is -0.495 e. The maximum Gasteiger partial charge on any atom is 0.284 e. The van der Waals surface area contributed by atoms with E-state index in [0.717, 1.165) is 30.9 Å². The molecule has 0 radical (unpaired) electrons. The highest BCUT2D eigenvalue weighted by Crippen LogP contribution is 2.30. The Bertz CT molecular complexity index is 823. The number of benzene rings is 1. The van der Waals surface area contributed by atoms with Gasteiger partial charge in [0.1, 0.15) is 11.5 Å². The first-order chi connectivity index (χ1) is 13.1. The van der Waals surface area contributed by atoms with E-state index in [1.807, 2.05) is 18.2 Å². The molecule has 0 saturated carbocycles. The summed E-state index contributed by atoms with van der Waals surface area (Å²) in [7, 11) is 3.41. The lowest BCUT2D eigenvalue weighted by Crippen LogP contribution is -2.44. The average Bonchev–Trinajstić information content (AvgIpc) is 3.34. The van der Waals surface area contributed by atoms with Crippen LogP contribution in [0.5, 0.6) is 5.75 Å². The van der Waals surface area contributed by atoms with Crippen molar-refractivity contribution in [1.82, 2.24) is 10.6 Å². The molecule has 1 aliphatic heterocycles. The van der Waals surface area contributed by atoms with E-state index < -0.39 is 5.91 Å². The second kappa shape index (κ2) is 10.2. The summed E-state index contributed by atoms with van der Waals surface area (Å²) in [5.74, 6) is 1.75. The lowest BCUT2D eigenvalue weighted by Gasteiger charge is -2.22. The molecule has 0 spiro atoms. The first kappa shape index (κ1) is 21.9. The fraction of sp³-hybridized carbons (Fsp3) is 0.368. The van der Waals surface area contributed by atoms with Gasteiger partial charge in [-0.3, -0.25) is 9.79 Å².